The number of rotatable bonds is 4. The molecule has 104 valence electrons. The predicted octanol–water partition coefficient (Wildman–Crippen LogP) is 3.79. The van der Waals surface area contributed by atoms with E-state index in [9.17, 15) is 0 Å². The van der Waals surface area contributed by atoms with Gasteiger partial charge in [0.25, 0.3) is 0 Å². The summed E-state index contributed by atoms with van der Waals surface area (Å²) < 4.78 is 0. The largest absolute Gasteiger partial charge is 0.366 e. The summed E-state index contributed by atoms with van der Waals surface area (Å²) in [7, 11) is 0. The van der Waals surface area contributed by atoms with Crippen LogP contribution in [0.1, 0.15) is 23.5 Å². The Balaban J connectivity index is 1.82. The molecule has 3 heteroatoms. The van der Waals surface area contributed by atoms with Crippen LogP contribution in [0.2, 0.25) is 5.02 Å². The molecule has 0 amide bonds. The van der Waals surface area contributed by atoms with Gasteiger partial charge in [-0.3, -0.25) is 0 Å². The molecule has 0 saturated heterocycles. The molecule has 1 unspecified atom stereocenters. The van der Waals surface area contributed by atoms with Crippen LogP contribution in [0.5, 0.6) is 0 Å². The number of nitrogens with zero attached hydrogens (tertiary/aromatic N) is 1. The van der Waals surface area contributed by atoms with Crippen LogP contribution in [-0.2, 0) is 6.54 Å². The van der Waals surface area contributed by atoms with E-state index in [-0.39, 0.29) is 0 Å². The highest BCUT2D eigenvalue weighted by molar-refractivity contribution is 6.30. The number of anilines is 1. The molecular formula is C17H19ClN2. The Kier molecular flexibility index (Phi) is 3.95. The Labute approximate surface area is 125 Å². The average Bonchev–Trinajstić information content (AvgIpc) is 2.81. The standard InChI is InChI=1S/C17H19ClN2/c18-15-7-5-13(6-8-15)11-20-12-14(9-10-19)16-3-1-2-4-17(16)20/h1-8,14H,9-12,19H2. The molecule has 0 aromatic heterocycles. The third-order valence-corrected chi connectivity index (χ3v) is 4.21. The van der Waals surface area contributed by atoms with E-state index in [1.54, 1.807) is 0 Å². The molecular weight excluding hydrogens is 268 g/mol. The molecule has 1 atom stereocenters. The number of halogens is 1. The molecule has 0 spiro atoms. The van der Waals surface area contributed by atoms with E-state index in [0.717, 1.165) is 31.1 Å². The molecule has 2 aromatic rings. The van der Waals surface area contributed by atoms with Gasteiger partial charge in [0.05, 0.1) is 0 Å². The molecule has 2 N–H and O–H groups in total. The lowest BCUT2D eigenvalue weighted by molar-refractivity contribution is 0.644. The summed E-state index contributed by atoms with van der Waals surface area (Å²) >= 11 is 5.95. The molecule has 0 saturated carbocycles. The van der Waals surface area contributed by atoms with Gasteiger partial charge in [-0.1, -0.05) is 41.9 Å². The van der Waals surface area contributed by atoms with Gasteiger partial charge in [0.2, 0.25) is 0 Å². The molecule has 0 radical (unpaired) electrons. The molecule has 0 fully saturated rings. The van der Waals surface area contributed by atoms with Crippen LogP contribution in [0, 0.1) is 0 Å². The van der Waals surface area contributed by atoms with Crippen LogP contribution in [0.25, 0.3) is 0 Å². The van der Waals surface area contributed by atoms with Gasteiger partial charge in [-0.05, 0) is 42.3 Å². The van der Waals surface area contributed by atoms with Crippen molar-refractivity contribution in [2.45, 2.75) is 18.9 Å². The second-order valence-electron chi connectivity index (χ2n) is 5.34. The van der Waals surface area contributed by atoms with Crippen molar-refractivity contribution < 1.29 is 0 Å². The molecule has 1 aliphatic heterocycles. The molecule has 2 nitrogen and oxygen atoms in total. The quantitative estimate of drug-likeness (QED) is 0.926. The summed E-state index contributed by atoms with van der Waals surface area (Å²) in [5.74, 6) is 0.559. The van der Waals surface area contributed by atoms with Gasteiger partial charge < -0.3 is 10.6 Å². The zero-order chi connectivity index (χ0) is 13.9. The first kappa shape index (κ1) is 13.5. The van der Waals surface area contributed by atoms with E-state index in [2.05, 4.69) is 41.3 Å². The highest BCUT2D eigenvalue weighted by atomic mass is 35.5. The molecule has 20 heavy (non-hydrogen) atoms. The summed E-state index contributed by atoms with van der Waals surface area (Å²) in [6, 6.07) is 16.8. The van der Waals surface area contributed by atoms with Crippen molar-refractivity contribution in [1.82, 2.24) is 0 Å². The number of fused-ring (bicyclic) bond motifs is 1. The molecule has 0 bridgehead atoms. The Hall–Kier alpha value is -1.51. The predicted molar refractivity (Wildman–Crippen MR) is 85.4 cm³/mol. The minimum Gasteiger partial charge on any atom is -0.366 e. The summed E-state index contributed by atoms with van der Waals surface area (Å²) in [5, 5.41) is 0.789. The van der Waals surface area contributed by atoms with E-state index in [1.165, 1.54) is 16.8 Å². The van der Waals surface area contributed by atoms with Crippen molar-refractivity contribution in [2.75, 3.05) is 18.0 Å². The van der Waals surface area contributed by atoms with Crippen molar-refractivity contribution in [3.63, 3.8) is 0 Å². The van der Waals surface area contributed by atoms with Crippen molar-refractivity contribution in [3.8, 4) is 0 Å². The monoisotopic (exact) mass is 286 g/mol. The van der Waals surface area contributed by atoms with E-state index in [1.807, 2.05) is 12.1 Å². The second-order valence-corrected chi connectivity index (χ2v) is 5.78. The molecule has 1 aliphatic rings. The Morgan fingerprint density at radius 3 is 2.60 bits per heavy atom. The number of hydrogen-bond donors (Lipinski definition) is 1. The van der Waals surface area contributed by atoms with Crippen LogP contribution in [0.15, 0.2) is 48.5 Å². The molecule has 2 aromatic carbocycles. The minimum atomic E-state index is 0.559. The van der Waals surface area contributed by atoms with E-state index < -0.39 is 0 Å². The fourth-order valence-electron chi connectivity index (χ4n) is 2.99. The fourth-order valence-corrected chi connectivity index (χ4v) is 3.12. The maximum atomic E-state index is 5.95. The van der Waals surface area contributed by atoms with Crippen molar-refractivity contribution >= 4 is 17.3 Å². The smallest absolute Gasteiger partial charge is 0.0429 e. The van der Waals surface area contributed by atoms with Crippen LogP contribution < -0.4 is 10.6 Å². The van der Waals surface area contributed by atoms with Crippen molar-refractivity contribution in [1.29, 1.82) is 0 Å². The average molecular weight is 287 g/mol. The van der Waals surface area contributed by atoms with Gasteiger partial charge in [0.1, 0.15) is 0 Å². The first-order valence-electron chi connectivity index (χ1n) is 7.06. The van der Waals surface area contributed by atoms with Crippen LogP contribution >= 0.6 is 11.6 Å². The van der Waals surface area contributed by atoms with Crippen molar-refractivity contribution in [3.05, 3.63) is 64.7 Å². The summed E-state index contributed by atoms with van der Waals surface area (Å²) in [6.07, 6.45) is 1.05. The van der Waals surface area contributed by atoms with E-state index in [4.69, 9.17) is 17.3 Å². The first-order valence-corrected chi connectivity index (χ1v) is 7.44. The van der Waals surface area contributed by atoms with Crippen LogP contribution in [0.3, 0.4) is 0 Å². The van der Waals surface area contributed by atoms with Crippen LogP contribution in [-0.4, -0.2) is 13.1 Å². The summed E-state index contributed by atoms with van der Waals surface area (Å²) in [5.41, 5.74) is 9.82. The topological polar surface area (TPSA) is 29.3 Å². The minimum absolute atomic E-state index is 0.559. The number of para-hydroxylation sites is 1. The number of benzene rings is 2. The van der Waals surface area contributed by atoms with Gasteiger partial charge in [-0.25, -0.2) is 0 Å². The highest BCUT2D eigenvalue weighted by Gasteiger charge is 2.27. The van der Waals surface area contributed by atoms with Crippen LogP contribution in [0.4, 0.5) is 5.69 Å². The van der Waals surface area contributed by atoms with E-state index >= 15 is 0 Å². The third kappa shape index (κ3) is 2.67. The Bertz CT molecular complexity index is 580. The van der Waals surface area contributed by atoms with Gasteiger partial charge in [-0.15, -0.1) is 0 Å². The zero-order valence-electron chi connectivity index (χ0n) is 11.4. The molecule has 3 rings (SSSR count). The van der Waals surface area contributed by atoms with Crippen molar-refractivity contribution in [2.24, 2.45) is 5.73 Å². The van der Waals surface area contributed by atoms with Gasteiger partial charge in [-0.2, -0.15) is 0 Å². The lowest BCUT2D eigenvalue weighted by Gasteiger charge is -2.20. The highest BCUT2D eigenvalue weighted by Crippen LogP contribution is 2.38. The lowest BCUT2D eigenvalue weighted by Crippen LogP contribution is -2.22. The number of hydrogen-bond acceptors (Lipinski definition) is 2. The second kappa shape index (κ2) is 5.86. The SMILES string of the molecule is NCCC1CN(Cc2ccc(Cl)cc2)c2ccccc21. The first-order chi connectivity index (χ1) is 9.78. The third-order valence-electron chi connectivity index (χ3n) is 3.96. The lowest BCUT2D eigenvalue weighted by atomic mass is 9.98. The molecule has 0 aliphatic carbocycles. The maximum absolute atomic E-state index is 5.95. The van der Waals surface area contributed by atoms with Gasteiger partial charge in [0, 0.05) is 29.7 Å². The Morgan fingerprint density at radius 2 is 1.85 bits per heavy atom. The van der Waals surface area contributed by atoms with Gasteiger partial charge in [0.15, 0.2) is 0 Å². The zero-order valence-corrected chi connectivity index (χ0v) is 12.2. The number of nitrogens with two attached hydrogens (primary N) is 1. The van der Waals surface area contributed by atoms with Gasteiger partial charge >= 0.3 is 0 Å². The summed E-state index contributed by atoms with van der Waals surface area (Å²) in [4.78, 5) is 2.44. The van der Waals surface area contributed by atoms with E-state index in [0.29, 0.717) is 5.92 Å². The molecule has 1 heterocycles. The normalized spacial score (nSPS) is 17.3. The maximum Gasteiger partial charge on any atom is 0.0429 e. The Morgan fingerprint density at radius 1 is 1.10 bits per heavy atom. The fraction of sp³-hybridized carbons (Fsp3) is 0.294. The summed E-state index contributed by atoms with van der Waals surface area (Å²) in [6.45, 7) is 2.72.